The Bertz CT molecular complexity index is 2080. The van der Waals surface area contributed by atoms with Crippen molar-refractivity contribution in [3.05, 3.63) is 118 Å². The molecule has 0 aliphatic heterocycles. The summed E-state index contributed by atoms with van der Waals surface area (Å²) in [6.07, 6.45) is 5.26. The molecule has 6 rings (SSSR count). The number of para-hydroxylation sites is 1. The highest BCUT2D eigenvalue weighted by Crippen LogP contribution is 2.24. The number of aryl methyl sites for hydroxylation is 2. The topological polar surface area (TPSA) is 128 Å². The standard InChI is InChI=1S/C31H26N8O2/c1-19-14-15-38-29(34-19)27(28(32)36-38)30(40)35-20(2)25-16-23-9-7-8-22(13-12-21-17-33-37(3)18-21)26(23)31(41)39(25)24-10-5-4-6-11-24/h4-11,14-18,20H,1-3H3,(H3,32,35,36,40)/p+1. The van der Waals surface area contributed by atoms with Crippen LogP contribution in [0.15, 0.2) is 84.0 Å². The number of pyridine rings is 1. The summed E-state index contributed by atoms with van der Waals surface area (Å²) in [5.74, 6) is 6.04. The van der Waals surface area contributed by atoms with E-state index in [0.717, 1.165) is 16.6 Å². The summed E-state index contributed by atoms with van der Waals surface area (Å²) in [5, 5.41) is 11.3. The summed E-state index contributed by atoms with van der Waals surface area (Å²) < 4.78 is 4.90. The van der Waals surface area contributed by atoms with Gasteiger partial charge in [-0.2, -0.15) is 5.10 Å². The van der Waals surface area contributed by atoms with Crippen LogP contribution in [0, 0.1) is 18.8 Å². The number of H-pyrrole nitrogens is 1. The fourth-order valence-corrected chi connectivity index (χ4v) is 4.92. The Morgan fingerprint density at radius 3 is 2.68 bits per heavy atom. The number of anilines is 1. The third-order valence-electron chi connectivity index (χ3n) is 6.86. The van der Waals surface area contributed by atoms with E-state index in [4.69, 9.17) is 5.73 Å². The van der Waals surface area contributed by atoms with E-state index in [1.54, 1.807) is 26.2 Å². The lowest BCUT2D eigenvalue weighted by molar-refractivity contribution is -0.578. The quantitative estimate of drug-likeness (QED) is 0.233. The van der Waals surface area contributed by atoms with Crippen LogP contribution in [0.2, 0.25) is 0 Å². The molecular weight excluding hydrogens is 516 g/mol. The van der Waals surface area contributed by atoms with Crippen LogP contribution in [0.25, 0.3) is 22.1 Å². The lowest BCUT2D eigenvalue weighted by Gasteiger charge is -2.21. The van der Waals surface area contributed by atoms with Crippen molar-refractivity contribution in [2.75, 3.05) is 5.73 Å². The Labute approximate surface area is 235 Å². The molecule has 0 bridgehead atoms. The first-order chi connectivity index (χ1) is 19.8. The number of aromatic amines is 1. The van der Waals surface area contributed by atoms with Crippen LogP contribution in [0.1, 0.15) is 45.8 Å². The van der Waals surface area contributed by atoms with Gasteiger partial charge in [0.2, 0.25) is 0 Å². The SMILES string of the molecule is Cc1cc[n+]2[nH]c(N)c(C(=O)NC(C)c3cc4cccc(C#Cc5cnn(C)c5)c4c(=O)n3-c3ccccc3)c2n1. The highest BCUT2D eigenvalue weighted by molar-refractivity contribution is 6.03. The first kappa shape index (κ1) is 25.6. The van der Waals surface area contributed by atoms with Gasteiger partial charge in [-0.3, -0.25) is 18.8 Å². The maximum atomic E-state index is 14.2. The molecule has 1 atom stereocenters. The van der Waals surface area contributed by atoms with Gasteiger partial charge in [-0.25, -0.2) is 5.10 Å². The maximum absolute atomic E-state index is 14.2. The minimum atomic E-state index is -0.566. The predicted molar refractivity (Wildman–Crippen MR) is 156 cm³/mol. The number of nitrogens with two attached hydrogens (primary N) is 1. The van der Waals surface area contributed by atoms with Gasteiger partial charge >= 0.3 is 5.65 Å². The van der Waals surface area contributed by atoms with Crippen molar-refractivity contribution in [1.82, 2.24) is 29.7 Å². The average molecular weight is 544 g/mol. The van der Waals surface area contributed by atoms with E-state index in [1.165, 1.54) is 0 Å². The van der Waals surface area contributed by atoms with Crippen molar-refractivity contribution in [2.24, 2.45) is 7.05 Å². The zero-order chi connectivity index (χ0) is 28.7. The van der Waals surface area contributed by atoms with Gasteiger partial charge in [-0.15, -0.1) is 4.52 Å². The molecule has 0 saturated heterocycles. The Morgan fingerprint density at radius 1 is 1.12 bits per heavy atom. The van der Waals surface area contributed by atoms with E-state index in [2.05, 4.69) is 32.3 Å². The Morgan fingerprint density at radius 2 is 1.93 bits per heavy atom. The first-order valence-corrected chi connectivity index (χ1v) is 13.0. The third kappa shape index (κ3) is 4.70. The molecule has 1 amide bonds. The number of benzene rings is 2. The van der Waals surface area contributed by atoms with Gasteiger partial charge in [0.15, 0.2) is 17.1 Å². The molecule has 10 nitrogen and oxygen atoms in total. The molecule has 0 fully saturated rings. The van der Waals surface area contributed by atoms with Crippen LogP contribution in [0.4, 0.5) is 5.82 Å². The van der Waals surface area contributed by atoms with Crippen molar-refractivity contribution < 1.29 is 9.31 Å². The Hall–Kier alpha value is -5.69. The third-order valence-corrected chi connectivity index (χ3v) is 6.86. The molecule has 41 heavy (non-hydrogen) atoms. The van der Waals surface area contributed by atoms with Gasteiger partial charge in [0, 0.05) is 43.2 Å². The number of carbonyl (C=O) groups is 1. The van der Waals surface area contributed by atoms with Crippen molar-refractivity contribution in [1.29, 1.82) is 0 Å². The van der Waals surface area contributed by atoms with E-state index in [0.29, 0.717) is 28.0 Å². The number of nitrogen functional groups attached to an aromatic ring is 1. The van der Waals surface area contributed by atoms with E-state index < -0.39 is 11.9 Å². The zero-order valence-corrected chi connectivity index (χ0v) is 22.7. The molecule has 202 valence electrons. The van der Waals surface area contributed by atoms with Gasteiger partial charge in [0.05, 0.1) is 23.2 Å². The smallest absolute Gasteiger partial charge is 0.363 e. The van der Waals surface area contributed by atoms with Crippen molar-refractivity contribution >= 4 is 28.1 Å². The van der Waals surface area contributed by atoms with Gasteiger partial charge in [0.25, 0.3) is 11.5 Å². The normalized spacial score (nSPS) is 11.8. The van der Waals surface area contributed by atoms with Crippen LogP contribution in [0.3, 0.4) is 0 Å². The van der Waals surface area contributed by atoms with Crippen LogP contribution in [-0.4, -0.2) is 30.3 Å². The Kier molecular flexibility index (Phi) is 6.32. The Balaban J connectivity index is 1.47. The summed E-state index contributed by atoms with van der Waals surface area (Å²) in [7, 11) is 1.83. The van der Waals surface area contributed by atoms with Gasteiger partial charge in [-0.05, 0) is 41.6 Å². The second kappa shape index (κ2) is 10.1. The van der Waals surface area contributed by atoms with Crippen LogP contribution in [0.5, 0.6) is 0 Å². The van der Waals surface area contributed by atoms with E-state index in [-0.39, 0.29) is 16.9 Å². The minimum Gasteiger partial charge on any atom is -0.382 e. The van der Waals surface area contributed by atoms with Crippen LogP contribution < -0.4 is 21.1 Å². The van der Waals surface area contributed by atoms with Gasteiger partial charge < -0.3 is 11.1 Å². The number of hydrogen-bond acceptors (Lipinski definition) is 5. The predicted octanol–water partition coefficient (Wildman–Crippen LogP) is 2.97. The molecule has 0 aliphatic carbocycles. The summed E-state index contributed by atoms with van der Waals surface area (Å²) in [6.45, 7) is 3.68. The average Bonchev–Trinajstić information content (AvgIpc) is 3.53. The fraction of sp³-hybridized carbons (Fsp3) is 0.129. The molecule has 1 unspecified atom stereocenters. The summed E-state index contributed by atoms with van der Waals surface area (Å²) in [6, 6.07) is 18.1. The molecule has 0 radical (unpaired) electrons. The molecule has 6 aromatic rings. The highest BCUT2D eigenvalue weighted by atomic mass is 16.2. The zero-order valence-electron chi connectivity index (χ0n) is 22.7. The molecule has 4 N–H and O–H groups in total. The number of rotatable bonds is 4. The minimum absolute atomic E-state index is 0.198. The number of amides is 1. The maximum Gasteiger partial charge on any atom is 0.363 e. The van der Waals surface area contributed by atoms with E-state index >= 15 is 0 Å². The highest BCUT2D eigenvalue weighted by Gasteiger charge is 2.27. The number of nitrogens with zero attached hydrogens (tertiary/aromatic N) is 5. The number of hydrogen-bond donors (Lipinski definition) is 3. The first-order valence-electron chi connectivity index (χ1n) is 13.0. The summed E-state index contributed by atoms with van der Waals surface area (Å²) >= 11 is 0. The number of carbonyl (C=O) groups excluding carboxylic acids is 1. The second-order valence-corrected chi connectivity index (χ2v) is 9.83. The van der Waals surface area contributed by atoms with E-state index in [9.17, 15) is 9.59 Å². The number of aromatic nitrogens is 6. The molecular formula is C31H27N8O2+. The van der Waals surface area contributed by atoms with Crippen molar-refractivity contribution in [2.45, 2.75) is 19.9 Å². The lowest BCUT2D eigenvalue weighted by Crippen LogP contribution is -2.33. The number of nitrogens with one attached hydrogen (secondary N) is 2. The van der Waals surface area contributed by atoms with Crippen molar-refractivity contribution in [3.63, 3.8) is 0 Å². The second-order valence-electron chi connectivity index (χ2n) is 9.83. The molecule has 0 spiro atoms. The monoisotopic (exact) mass is 543 g/mol. The molecule has 4 aromatic heterocycles. The van der Waals surface area contributed by atoms with E-state index in [1.807, 2.05) is 87.8 Å². The molecule has 4 heterocycles. The van der Waals surface area contributed by atoms with Gasteiger partial charge in [-0.1, -0.05) is 42.2 Å². The van der Waals surface area contributed by atoms with Crippen LogP contribution in [-0.2, 0) is 7.05 Å². The van der Waals surface area contributed by atoms with Crippen molar-refractivity contribution in [3.8, 4) is 17.5 Å². The fourth-order valence-electron chi connectivity index (χ4n) is 4.92. The summed E-state index contributed by atoms with van der Waals surface area (Å²) in [4.78, 5) is 32.2. The molecule has 10 heteroatoms. The van der Waals surface area contributed by atoms with Crippen LogP contribution >= 0.6 is 0 Å². The lowest BCUT2D eigenvalue weighted by atomic mass is 10.0. The number of fused-ring (bicyclic) bond motifs is 2. The molecule has 2 aromatic carbocycles. The molecule has 0 saturated carbocycles. The van der Waals surface area contributed by atoms with Gasteiger partial charge in [0.1, 0.15) is 6.20 Å². The largest absolute Gasteiger partial charge is 0.382 e. The molecule has 0 aliphatic rings. The summed E-state index contributed by atoms with van der Waals surface area (Å²) in [5.41, 5.74) is 9.98.